The van der Waals surface area contributed by atoms with Gasteiger partial charge in [0.15, 0.2) is 5.65 Å². The number of imidazole rings is 1. The summed E-state index contributed by atoms with van der Waals surface area (Å²) in [7, 11) is -3.48. The number of hydrogen-bond donors (Lipinski definition) is 0. The van der Waals surface area contributed by atoms with E-state index in [-0.39, 0.29) is 10.9 Å². The first kappa shape index (κ1) is 16.5. The van der Waals surface area contributed by atoms with Crippen LogP contribution in [-0.4, -0.2) is 40.3 Å². The fourth-order valence-corrected chi connectivity index (χ4v) is 4.85. The third-order valence-corrected chi connectivity index (χ3v) is 6.76. The summed E-state index contributed by atoms with van der Waals surface area (Å²) in [5.41, 5.74) is 1.71. The molecule has 1 aliphatic heterocycles. The van der Waals surface area contributed by atoms with E-state index in [0.717, 1.165) is 24.0 Å². The molecule has 2 aromatic heterocycles. The lowest BCUT2D eigenvalue weighted by atomic mass is 10.1. The van der Waals surface area contributed by atoms with Crippen molar-refractivity contribution >= 4 is 32.8 Å². The third-order valence-electron chi connectivity index (χ3n) is 4.60. The van der Waals surface area contributed by atoms with E-state index in [2.05, 4.69) is 14.5 Å². The highest BCUT2D eigenvalue weighted by Crippen LogP contribution is 2.29. The molecule has 1 aliphatic rings. The lowest BCUT2D eigenvalue weighted by Gasteiger charge is -2.31. The molecule has 130 valence electrons. The maximum atomic E-state index is 12.8. The van der Waals surface area contributed by atoms with E-state index < -0.39 is 10.0 Å². The summed E-state index contributed by atoms with van der Waals surface area (Å²) in [4.78, 5) is 9.05. The highest BCUT2D eigenvalue weighted by molar-refractivity contribution is 7.89. The van der Waals surface area contributed by atoms with Crippen molar-refractivity contribution in [3.8, 4) is 0 Å². The second-order valence-corrected chi connectivity index (χ2v) is 8.46. The predicted octanol–water partition coefficient (Wildman–Crippen LogP) is 3.11. The molecule has 1 aromatic carbocycles. The quantitative estimate of drug-likeness (QED) is 0.704. The van der Waals surface area contributed by atoms with Gasteiger partial charge in [0.05, 0.1) is 11.2 Å². The van der Waals surface area contributed by atoms with E-state index in [1.165, 1.54) is 0 Å². The maximum Gasteiger partial charge on any atom is 0.243 e. The molecule has 4 rings (SSSR count). The first-order chi connectivity index (χ1) is 12.1. The summed E-state index contributed by atoms with van der Waals surface area (Å²) >= 11 is 5.85. The zero-order chi connectivity index (χ0) is 17.4. The average Bonchev–Trinajstić information content (AvgIpc) is 3.06. The lowest BCUT2D eigenvalue weighted by molar-refractivity contribution is 0.276. The Morgan fingerprint density at radius 3 is 2.48 bits per heavy atom. The second kappa shape index (κ2) is 6.40. The second-order valence-electron chi connectivity index (χ2n) is 6.09. The van der Waals surface area contributed by atoms with Crippen molar-refractivity contribution in [3.05, 3.63) is 53.9 Å². The summed E-state index contributed by atoms with van der Waals surface area (Å²) in [6, 6.07) is 10.3. The maximum absolute atomic E-state index is 12.8. The van der Waals surface area contributed by atoms with Crippen LogP contribution in [0.1, 0.15) is 18.9 Å². The minimum atomic E-state index is -3.48. The van der Waals surface area contributed by atoms with Crippen LogP contribution in [0.4, 0.5) is 0 Å². The minimum Gasteiger partial charge on any atom is -0.312 e. The molecule has 0 radical (unpaired) electrons. The molecular formula is C17H17ClN4O2S. The summed E-state index contributed by atoms with van der Waals surface area (Å²) < 4.78 is 29.1. The van der Waals surface area contributed by atoms with Gasteiger partial charge < -0.3 is 4.57 Å². The Morgan fingerprint density at radius 1 is 1.04 bits per heavy atom. The number of halogens is 1. The molecule has 6 nitrogen and oxygen atoms in total. The number of benzene rings is 1. The van der Waals surface area contributed by atoms with Crippen LogP contribution in [-0.2, 0) is 10.0 Å². The Balaban J connectivity index is 1.52. The van der Waals surface area contributed by atoms with Gasteiger partial charge in [-0.1, -0.05) is 11.6 Å². The fourth-order valence-electron chi connectivity index (χ4n) is 3.25. The highest BCUT2D eigenvalue weighted by atomic mass is 35.5. The molecule has 0 amide bonds. The van der Waals surface area contributed by atoms with Crippen molar-refractivity contribution in [2.24, 2.45) is 0 Å². The van der Waals surface area contributed by atoms with Crippen molar-refractivity contribution in [3.63, 3.8) is 0 Å². The van der Waals surface area contributed by atoms with Gasteiger partial charge in [-0.2, -0.15) is 4.31 Å². The molecule has 0 atom stereocenters. The van der Waals surface area contributed by atoms with Crippen LogP contribution in [0.3, 0.4) is 0 Å². The molecule has 0 saturated carbocycles. The number of hydrogen-bond acceptors (Lipinski definition) is 4. The molecule has 0 unspecified atom stereocenters. The van der Waals surface area contributed by atoms with Gasteiger partial charge in [0.25, 0.3) is 0 Å². The van der Waals surface area contributed by atoms with E-state index in [0.29, 0.717) is 18.1 Å². The van der Waals surface area contributed by atoms with Crippen LogP contribution in [0.2, 0.25) is 5.02 Å². The SMILES string of the molecule is O=S(=O)(c1ccc(Cl)cc1)N1CCC(n2cnc3cccnc32)CC1. The first-order valence-corrected chi connectivity index (χ1v) is 9.91. The molecule has 1 fully saturated rings. The number of piperidine rings is 1. The monoisotopic (exact) mass is 376 g/mol. The number of fused-ring (bicyclic) bond motifs is 1. The lowest BCUT2D eigenvalue weighted by Crippen LogP contribution is -2.38. The molecule has 3 heterocycles. The Labute approximate surface area is 151 Å². The third kappa shape index (κ3) is 3.03. The van der Waals surface area contributed by atoms with Crippen molar-refractivity contribution in [1.82, 2.24) is 18.8 Å². The molecule has 25 heavy (non-hydrogen) atoms. The standard InChI is InChI=1S/C17H17ClN4O2S/c18-13-3-5-15(6-4-13)25(23,24)21-10-7-14(8-11-21)22-12-20-16-2-1-9-19-17(16)22/h1-6,9,12,14H,7-8,10-11H2. The predicted molar refractivity (Wildman–Crippen MR) is 96.0 cm³/mol. The molecule has 1 saturated heterocycles. The van der Waals surface area contributed by atoms with Gasteiger partial charge in [-0.05, 0) is 49.2 Å². The summed E-state index contributed by atoms with van der Waals surface area (Å²) in [6.07, 6.45) is 5.01. The van der Waals surface area contributed by atoms with Gasteiger partial charge in [0, 0.05) is 30.4 Å². The number of nitrogens with zero attached hydrogens (tertiary/aromatic N) is 4. The molecule has 0 spiro atoms. The van der Waals surface area contributed by atoms with Crippen LogP contribution in [0.15, 0.2) is 53.8 Å². The Hall–Kier alpha value is -1.96. The van der Waals surface area contributed by atoms with Crippen LogP contribution < -0.4 is 0 Å². The van der Waals surface area contributed by atoms with Gasteiger partial charge in [0.1, 0.15) is 5.52 Å². The number of aromatic nitrogens is 3. The minimum absolute atomic E-state index is 0.205. The first-order valence-electron chi connectivity index (χ1n) is 8.09. The molecule has 0 bridgehead atoms. The van der Waals surface area contributed by atoms with Crippen molar-refractivity contribution < 1.29 is 8.42 Å². The highest BCUT2D eigenvalue weighted by Gasteiger charge is 2.30. The van der Waals surface area contributed by atoms with E-state index in [9.17, 15) is 8.42 Å². The van der Waals surface area contributed by atoms with Gasteiger partial charge >= 0.3 is 0 Å². The van der Waals surface area contributed by atoms with E-state index >= 15 is 0 Å². The van der Waals surface area contributed by atoms with Crippen LogP contribution in [0.5, 0.6) is 0 Å². The number of pyridine rings is 1. The zero-order valence-electron chi connectivity index (χ0n) is 13.4. The van der Waals surface area contributed by atoms with Crippen LogP contribution in [0, 0.1) is 0 Å². The van der Waals surface area contributed by atoms with Crippen molar-refractivity contribution in [1.29, 1.82) is 0 Å². The fraction of sp³-hybridized carbons (Fsp3) is 0.294. The normalized spacial score (nSPS) is 17.2. The number of sulfonamides is 1. The molecule has 3 aromatic rings. The Kier molecular flexibility index (Phi) is 4.23. The molecule has 8 heteroatoms. The summed E-state index contributed by atoms with van der Waals surface area (Å²) in [5, 5.41) is 0.525. The molecule has 0 aliphatic carbocycles. The van der Waals surface area contributed by atoms with E-state index in [1.54, 1.807) is 41.1 Å². The van der Waals surface area contributed by atoms with Crippen LogP contribution >= 0.6 is 11.6 Å². The van der Waals surface area contributed by atoms with Crippen LogP contribution in [0.25, 0.3) is 11.2 Å². The van der Waals surface area contributed by atoms with Gasteiger partial charge in [0.2, 0.25) is 10.0 Å². The van der Waals surface area contributed by atoms with Gasteiger partial charge in [-0.15, -0.1) is 0 Å². The van der Waals surface area contributed by atoms with E-state index in [4.69, 9.17) is 11.6 Å². The Morgan fingerprint density at radius 2 is 1.76 bits per heavy atom. The van der Waals surface area contributed by atoms with E-state index in [1.807, 2.05) is 12.1 Å². The van der Waals surface area contributed by atoms with Crippen molar-refractivity contribution in [2.45, 2.75) is 23.8 Å². The topological polar surface area (TPSA) is 68.1 Å². The molecule has 0 N–H and O–H groups in total. The van der Waals surface area contributed by atoms with Gasteiger partial charge in [-0.3, -0.25) is 0 Å². The number of rotatable bonds is 3. The molecular weight excluding hydrogens is 360 g/mol. The van der Waals surface area contributed by atoms with Crippen molar-refractivity contribution in [2.75, 3.05) is 13.1 Å². The Bertz CT molecular complexity index is 993. The zero-order valence-corrected chi connectivity index (χ0v) is 15.0. The summed E-state index contributed by atoms with van der Waals surface area (Å²) in [5.74, 6) is 0. The van der Waals surface area contributed by atoms with Gasteiger partial charge in [-0.25, -0.2) is 18.4 Å². The largest absolute Gasteiger partial charge is 0.312 e. The summed E-state index contributed by atoms with van der Waals surface area (Å²) in [6.45, 7) is 0.949. The smallest absolute Gasteiger partial charge is 0.243 e. The average molecular weight is 377 g/mol.